The van der Waals surface area contributed by atoms with Crippen molar-refractivity contribution >= 4 is 44.3 Å². The fourth-order valence-electron chi connectivity index (χ4n) is 5.24. The van der Waals surface area contributed by atoms with Crippen molar-refractivity contribution in [2.45, 2.75) is 17.7 Å². The molecule has 0 atom stereocenters. The molecule has 2 aliphatic rings. The van der Waals surface area contributed by atoms with E-state index in [4.69, 9.17) is 4.42 Å². The number of Topliss-reactive ketones (excluding diaryl/α,β-unsaturated/α-hetero) is 1. The van der Waals surface area contributed by atoms with Crippen LogP contribution in [0.25, 0.3) is 22.2 Å². The second-order valence-electron chi connectivity index (χ2n) is 10.4. The number of para-hydroxylation sites is 1. The lowest BCUT2D eigenvalue weighted by Crippen LogP contribution is -2.44. The number of benzene rings is 3. The number of sulfonamides is 1. The topological polar surface area (TPSA) is 99.0 Å². The number of nitrogens with one attached hydrogen (secondary N) is 1. The van der Waals surface area contributed by atoms with E-state index in [1.807, 2.05) is 36.4 Å². The standard InChI is InChI=1S/C29H31N5O4S/c1-32(2)39(36,37)23-17-21(16-22(18-23)34-13-11-33(3)12-14-34)30-29-31-26-6-4-5-25(28(26)38-29)20-7-9-24-19(15-20)8-10-27(24)35/h4-7,9,15-18H,8,10-14H2,1-3H3,(H,30,31). The van der Waals surface area contributed by atoms with Crippen molar-refractivity contribution in [3.05, 3.63) is 65.7 Å². The Bertz CT molecular complexity index is 1690. The molecule has 1 N–H and O–H groups in total. The minimum absolute atomic E-state index is 0.190. The van der Waals surface area contributed by atoms with Gasteiger partial charge in [0, 0.05) is 69.2 Å². The molecule has 1 aromatic heterocycles. The van der Waals surface area contributed by atoms with Gasteiger partial charge in [-0.05, 0) is 48.9 Å². The second-order valence-corrected chi connectivity index (χ2v) is 12.5. The number of anilines is 3. The summed E-state index contributed by atoms with van der Waals surface area (Å²) in [5.74, 6) is 0.190. The fourth-order valence-corrected chi connectivity index (χ4v) is 6.21. The maximum Gasteiger partial charge on any atom is 0.300 e. The Kier molecular flexibility index (Phi) is 6.41. The molecule has 0 bridgehead atoms. The summed E-state index contributed by atoms with van der Waals surface area (Å²) in [6, 6.07) is 17.2. The van der Waals surface area contributed by atoms with E-state index in [-0.39, 0.29) is 16.7 Å². The molecule has 1 fully saturated rings. The summed E-state index contributed by atoms with van der Waals surface area (Å²) in [5.41, 5.74) is 6.43. The van der Waals surface area contributed by atoms with Crippen molar-refractivity contribution in [3.8, 4) is 11.1 Å². The van der Waals surface area contributed by atoms with Crippen LogP contribution < -0.4 is 10.2 Å². The van der Waals surface area contributed by atoms with Gasteiger partial charge in [-0.2, -0.15) is 4.98 Å². The molecule has 0 radical (unpaired) electrons. The molecule has 4 aromatic rings. The number of nitrogens with zero attached hydrogens (tertiary/aromatic N) is 4. The van der Waals surface area contributed by atoms with E-state index in [9.17, 15) is 13.2 Å². The van der Waals surface area contributed by atoms with Gasteiger partial charge in [0.2, 0.25) is 10.0 Å². The summed E-state index contributed by atoms with van der Waals surface area (Å²) >= 11 is 0. The Morgan fingerprint density at radius 1 is 0.949 bits per heavy atom. The smallest absolute Gasteiger partial charge is 0.300 e. The summed E-state index contributed by atoms with van der Waals surface area (Å²) in [6.07, 6.45) is 1.31. The molecule has 202 valence electrons. The third kappa shape index (κ3) is 4.80. The van der Waals surface area contributed by atoms with Gasteiger partial charge in [0.05, 0.1) is 4.90 Å². The molecule has 0 saturated carbocycles. The van der Waals surface area contributed by atoms with Crippen LogP contribution in [0.2, 0.25) is 0 Å². The molecule has 6 rings (SSSR count). The fraction of sp³-hybridized carbons (Fsp3) is 0.310. The average molecular weight is 546 g/mol. The highest BCUT2D eigenvalue weighted by molar-refractivity contribution is 7.89. The maximum atomic E-state index is 13.1. The van der Waals surface area contributed by atoms with Crippen LogP contribution in [0.1, 0.15) is 22.3 Å². The zero-order valence-electron chi connectivity index (χ0n) is 22.3. The SMILES string of the molecule is CN1CCN(c2cc(Nc3nc4cccc(-c5ccc6c(c5)CCC6=O)c4o3)cc(S(=O)(=O)N(C)C)c2)CC1. The number of aryl methyl sites for hydroxylation is 1. The highest BCUT2D eigenvalue weighted by Gasteiger charge is 2.23. The summed E-state index contributed by atoms with van der Waals surface area (Å²) in [7, 11) is 1.49. The number of hydrogen-bond donors (Lipinski definition) is 1. The second kappa shape index (κ2) is 9.78. The molecule has 1 saturated heterocycles. The molecule has 10 heteroatoms. The molecule has 3 aromatic carbocycles. The van der Waals surface area contributed by atoms with Crippen LogP contribution >= 0.6 is 0 Å². The Morgan fingerprint density at radius 2 is 1.74 bits per heavy atom. The first-order valence-corrected chi connectivity index (χ1v) is 14.5. The first-order chi connectivity index (χ1) is 18.7. The van der Waals surface area contributed by atoms with E-state index in [1.54, 1.807) is 12.1 Å². The van der Waals surface area contributed by atoms with Crippen LogP contribution in [-0.4, -0.2) is 75.7 Å². The van der Waals surface area contributed by atoms with E-state index in [2.05, 4.69) is 33.2 Å². The summed E-state index contributed by atoms with van der Waals surface area (Å²) in [4.78, 5) is 21.4. The minimum atomic E-state index is -3.66. The van der Waals surface area contributed by atoms with Crippen LogP contribution in [0.5, 0.6) is 0 Å². The molecule has 0 amide bonds. The Labute approximate surface area is 228 Å². The lowest BCUT2D eigenvalue weighted by molar-refractivity contribution is 0.0994. The highest BCUT2D eigenvalue weighted by Crippen LogP contribution is 2.35. The highest BCUT2D eigenvalue weighted by atomic mass is 32.2. The van der Waals surface area contributed by atoms with Crippen LogP contribution in [0.4, 0.5) is 17.4 Å². The van der Waals surface area contributed by atoms with Gasteiger partial charge in [0.15, 0.2) is 11.4 Å². The van der Waals surface area contributed by atoms with E-state index < -0.39 is 10.0 Å². The number of carbonyl (C=O) groups excluding carboxylic acids is 1. The molecule has 2 heterocycles. The van der Waals surface area contributed by atoms with Gasteiger partial charge in [0.1, 0.15) is 5.52 Å². The third-order valence-corrected chi connectivity index (χ3v) is 9.34. The molecule has 39 heavy (non-hydrogen) atoms. The number of rotatable bonds is 6. The minimum Gasteiger partial charge on any atom is -0.423 e. The predicted molar refractivity (Wildman–Crippen MR) is 152 cm³/mol. The largest absolute Gasteiger partial charge is 0.423 e. The average Bonchev–Trinajstić information content (AvgIpc) is 3.51. The van der Waals surface area contributed by atoms with Crippen molar-refractivity contribution in [1.82, 2.24) is 14.2 Å². The number of oxazole rings is 1. The molecular formula is C29H31N5O4S. The molecular weight excluding hydrogens is 514 g/mol. The lowest BCUT2D eigenvalue weighted by atomic mass is 10.00. The number of likely N-dealkylation sites (N-methyl/N-ethyl adjacent to an activating group) is 1. The predicted octanol–water partition coefficient (Wildman–Crippen LogP) is 4.37. The van der Waals surface area contributed by atoms with E-state index in [0.717, 1.165) is 60.5 Å². The first-order valence-electron chi connectivity index (χ1n) is 13.0. The van der Waals surface area contributed by atoms with Crippen molar-refractivity contribution in [2.24, 2.45) is 0 Å². The summed E-state index contributed by atoms with van der Waals surface area (Å²) < 4.78 is 33.6. The van der Waals surface area contributed by atoms with E-state index in [1.165, 1.54) is 18.4 Å². The van der Waals surface area contributed by atoms with Crippen molar-refractivity contribution in [1.29, 1.82) is 0 Å². The van der Waals surface area contributed by atoms with E-state index in [0.29, 0.717) is 23.2 Å². The number of piperazine rings is 1. The van der Waals surface area contributed by atoms with Crippen LogP contribution in [0, 0.1) is 0 Å². The molecule has 0 unspecified atom stereocenters. The summed E-state index contributed by atoms with van der Waals surface area (Å²) in [5, 5.41) is 3.22. The summed E-state index contributed by atoms with van der Waals surface area (Å²) in [6.45, 7) is 3.41. The quantitative estimate of drug-likeness (QED) is 0.381. The van der Waals surface area contributed by atoms with Gasteiger partial charge < -0.3 is 19.5 Å². The number of aromatic nitrogens is 1. The van der Waals surface area contributed by atoms with Gasteiger partial charge in [-0.3, -0.25) is 4.79 Å². The maximum absolute atomic E-state index is 13.1. The van der Waals surface area contributed by atoms with Crippen molar-refractivity contribution in [3.63, 3.8) is 0 Å². The van der Waals surface area contributed by atoms with Crippen LogP contribution in [0.15, 0.2) is 63.9 Å². The monoisotopic (exact) mass is 545 g/mol. The van der Waals surface area contributed by atoms with Gasteiger partial charge in [-0.15, -0.1) is 0 Å². The number of ketones is 1. The van der Waals surface area contributed by atoms with Gasteiger partial charge in [-0.25, -0.2) is 12.7 Å². The normalized spacial score (nSPS) is 16.3. The number of carbonyl (C=O) groups is 1. The van der Waals surface area contributed by atoms with Gasteiger partial charge in [0.25, 0.3) is 6.01 Å². The Balaban J connectivity index is 1.37. The zero-order chi connectivity index (χ0) is 27.3. The molecule has 9 nitrogen and oxygen atoms in total. The third-order valence-electron chi connectivity index (χ3n) is 7.54. The van der Waals surface area contributed by atoms with Gasteiger partial charge >= 0.3 is 0 Å². The number of fused-ring (bicyclic) bond motifs is 2. The number of hydrogen-bond acceptors (Lipinski definition) is 8. The van der Waals surface area contributed by atoms with Crippen LogP contribution in [-0.2, 0) is 16.4 Å². The zero-order valence-corrected chi connectivity index (χ0v) is 23.1. The van der Waals surface area contributed by atoms with Gasteiger partial charge in [-0.1, -0.05) is 30.3 Å². The Morgan fingerprint density at radius 3 is 2.51 bits per heavy atom. The lowest BCUT2D eigenvalue weighted by Gasteiger charge is -2.34. The molecule has 1 aliphatic heterocycles. The molecule has 1 aliphatic carbocycles. The Hall–Kier alpha value is -3.73. The molecule has 0 spiro atoms. The first kappa shape index (κ1) is 25.5. The van der Waals surface area contributed by atoms with Crippen molar-refractivity contribution in [2.75, 3.05) is 57.5 Å². The van der Waals surface area contributed by atoms with Crippen LogP contribution in [0.3, 0.4) is 0 Å². The van der Waals surface area contributed by atoms with Crippen molar-refractivity contribution < 1.29 is 17.6 Å². The van der Waals surface area contributed by atoms with E-state index >= 15 is 0 Å².